The molecule has 2 aromatic carbocycles. The Balaban J connectivity index is -0.000000202. The second kappa shape index (κ2) is 37.0. The molecule has 480 valence electrons. The summed E-state index contributed by atoms with van der Waals surface area (Å²) in [6.45, 7) is 26.0. The lowest BCUT2D eigenvalue weighted by Crippen LogP contribution is -2.61. The molecule has 4 rings (SSSR count). The number of amides is 1. The lowest BCUT2D eigenvalue weighted by molar-refractivity contribution is -0.309. The molecule has 1 N–H and O–H groups in total. The molecule has 1 saturated heterocycles. The minimum Gasteiger partial charge on any atom is -0.411 e. The van der Waals surface area contributed by atoms with Crippen molar-refractivity contribution in [2.75, 3.05) is 26.4 Å². The zero-order chi connectivity index (χ0) is 61.1. The molecule has 0 aromatic heterocycles. The molecule has 2 aromatic rings. The summed E-state index contributed by atoms with van der Waals surface area (Å²) < 4.78 is 49.2. The van der Waals surface area contributed by atoms with Gasteiger partial charge in [-0.15, -0.1) is 6.42 Å². The zero-order valence-corrected chi connectivity index (χ0v) is 52.8. The van der Waals surface area contributed by atoms with E-state index in [0.29, 0.717) is 32.1 Å². The Labute approximate surface area is 537 Å². The highest BCUT2D eigenvalue weighted by molar-refractivity contribution is 6.74. The average Bonchev–Trinajstić information content (AvgIpc) is 0.899. The number of azide groups is 1. The topological polar surface area (TPSA) is 142 Å². The Morgan fingerprint density at radius 3 is 1.68 bits per heavy atom. The molecule has 2 unspecified atom stereocenters. The first kappa shape index (κ1) is 69.0. The molecule has 8 atom stereocenters. The summed E-state index contributed by atoms with van der Waals surface area (Å²) in [5, 5.41) is 6.73. The number of nitrogens with one attached hydrogen (secondary N) is 1. The molecule has 1 amide bonds. The standard InChI is InChI=1S/C70H80N4O8Si2.22H2/c1-13-14-15-16-17-18-19-20-21-22-23-24-25-26-27-28-29-30-31-32-39-49-64(75)73-61(67(82-84(11,12)70(6,7)8)62(52-58-43-40-41-44-58)81-83(9,10)69(3,4)5)55-79-68-66(78-54-60-47-37-34-38-48-60)57(2)65(77-53-59-45-35-33-36-46-59)63(80-68)56-76-51-42-50-72-74-71;;;;;;;;;;;;;;;;;;;;;;/h1,33-38,45-48,57-58,61-63,65-68H,40-44,49-56H2,2-12H3,(H,73,75);22*1H/t57-,61-,62+,63?,65+,66?,67-,68-;;;;;;;;;;;;;;;;;;;;;;/m0....................../s1. The minimum absolute atomic E-state index is 0. The second-order valence-electron chi connectivity index (χ2n) is 23.3. The van der Waals surface area contributed by atoms with Gasteiger partial charge in [-0.25, -0.2) is 0 Å². The Morgan fingerprint density at radius 2 is 1.19 bits per heavy atom. The van der Waals surface area contributed by atoms with Gasteiger partial charge in [0.2, 0.25) is 5.91 Å². The van der Waals surface area contributed by atoms with Crippen molar-refractivity contribution in [2.45, 2.75) is 186 Å². The molecule has 0 bridgehead atoms. The normalized spacial score (nSPS) is 18.1. The summed E-state index contributed by atoms with van der Waals surface area (Å²) in [5.41, 5.74) is 10.9. The smallest absolute Gasteiger partial charge is 0.232 e. The lowest BCUT2D eigenvalue weighted by atomic mass is 9.90. The fourth-order valence-corrected chi connectivity index (χ4v) is 11.3. The van der Waals surface area contributed by atoms with E-state index < -0.39 is 53.4 Å². The van der Waals surface area contributed by atoms with Crippen LogP contribution in [0.15, 0.2) is 65.8 Å². The Kier molecular flexibility index (Phi) is 30.4. The number of nitrogens with zero attached hydrogens (tertiary/aromatic N) is 3. The number of ether oxygens (including phenoxy) is 5. The number of carbonyl (C=O) groups excluding carboxylic acids is 1. The summed E-state index contributed by atoms with van der Waals surface area (Å²) in [5.74, 6) is 53.6. The van der Waals surface area contributed by atoms with Gasteiger partial charge in [-0.3, -0.25) is 4.79 Å². The third-order valence-electron chi connectivity index (χ3n) is 15.1. The van der Waals surface area contributed by atoms with Crippen LogP contribution in [0.4, 0.5) is 0 Å². The molecular formula is C70H124N4O8Si2. The van der Waals surface area contributed by atoms with E-state index in [-0.39, 0.29) is 85.6 Å². The largest absolute Gasteiger partial charge is 0.411 e. The first-order chi connectivity index (χ1) is 40.3. The highest BCUT2D eigenvalue weighted by Crippen LogP contribution is 2.43. The van der Waals surface area contributed by atoms with Gasteiger partial charge >= 0.3 is 0 Å². The van der Waals surface area contributed by atoms with E-state index in [0.717, 1.165) is 43.2 Å². The van der Waals surface area contributed by atoms with Gasteiger partial charge in [-0.1, -0.05) is 146 Å². The van der Waals surface area contributed by atoms with Crippen LogP contribution in [0.2, 0.25) is 36.3 Å². The Bertz CT molecular complexity index is 3310. The van der Waals surface area contributed by atoms with E-state index in [4.69, 9.17) is 44.5 Å². The zero-order valence-electron chi connectivity index (χ0n) is 50.8. The van der Waals surface area contributed by atoms with Gasteiger partial charge in [0, 0.05) is 79.0 Å². The van der Waals surface area contributed by atoms with Gasteiger partial charge in [0.1, 0.15) is 12.2 Å². The molecule has 1 aliphatic carbocycles. The summed E-state index contributed by atoms with van der Waals surface area (Å²) >= 11 is 0. The Hall–Kier alpha value is -7.47. The summed E-state index contributed by atoms with van der Waals surface area (Å²) in [6, 6.07) is 19.2. The average molecular weight is 1210 g/mol. The van der Waals surface area contributed by atoms with E-state index in [9.17, 15) is 4.79 Å². The summed E-state index contributed by atoms with van der Waals surface area (Å²) in [6.07, 6.45) is 7.05. The molecule has 12 nitrogen and oxygen atoms in total. The molecule has 84 heavy (non-hydrogen) atoms. The van der Waals surface area contributed by atoms with Crippen LogP contribution in [-0.2, 0) is 50.5 Å². The van der Waals surface area contributed by atoms with Gasteiger partial charge in [-0.2, -0.15) is 0 Å². The Morgan fingerprint density at radius 1 is 0.714 bits per heavy atom. The van der Waals surface area contributed by atoms with Gasteiger partial charge in [0.05, 0.1) is 57.2 Å². The van der Waals surface area contributed by atoms with Crippen LogP contribution in [0.3, 0.4) is 0 Å². The van der Waals surface area contributed by atoms with Crippen LogP contribution in [0.1, 0.15) is 136 Å². The number of benzene rings is 2. The van der Waals surface area contributed by atoms with Crippen LogP contribution >= 0.6 is 0 Å². The first-order valence-electron chi connectivity index (χ1n) is 28.5. The van der Waals surface area contributed by atoms with Gasteiger partial charge in [0.25, 0.3) is 0 Å². The molecule has 1 heterocycles. The van der Waals surface area contributed by atoms with Crippen molar-refractivity contribution in [1.29, 1.82) is 0 Å². The van der Waals surface area contributed by atoms with E-state index in [1.165, 1.54) is 0 Å². The molecular weight excluding hydrogens is 1080 g/mol. The molecule has 1 saturated carbocycles. The van der Waals surface area contributed by atoms with Crippen molar-refractivity contribution in [3.63, 3.8) is 0 Å². The van der Waals surface area contributed by atoms with Crippen molar-refractivity contribution in [3.8, 4) is 131 Å². The quantitative estimate of drug-likeness (QED) is 0.0259. The van der Waals surface area contributed by atoms with Crippen molar-refractivity contribution >= 4 is 22.5 Å². The van der Waals surface area contributed by atoms with Crippen LogP contribution in [0.5, 0.6) is 0 Å². The number of carbonyl (C=O) groups is 1. The maximum absolute atomic E-state index is 14.5. The van der Waals surface area contributed by atoms with Gasteiger partial charge in [-0.05, 0) is 166 Å². The highest BCUT2D eigenvalue weighted by Gasteiger charge is 2.50. The second-order valence-corrected chi connectivity index (χ2v) is 32.8. The maximum Gasteiger partial charge on any atom is 0.232 e. The van der Waals surface area contributed by atoms with E-state index >= 15 is 0 Å². The molecule has 14 heteroatoms. The summed E-state index contributed by atoms with van der Waals surface area (Å²) in [7, 11) is -5.07. The monoisotopic (exact) mass is 1200 g/mol. The highest BCUT2D eigenvalue weighted by atomic mass is 28.4. The summed E-state index contributed by atoms with van der Waals surface area (Å²) in [4.78, 5) is 17.3. The number of terminal acetylenes is 1. The number of hydrogen-bond acceptors (Lipinski definition) is 9. The van der Waals surface area contributed by atoms with Crippen molar-refractivity contribution in [1.82, 2.24) is 5.32 Å². The fraction of sp³-hybridized carbons (Fsp3) is 0.500. The predicted octanol–water partition coefficient (Wildman–Crippen LogP) is 16.6. The molecule has 1 aliphatic heterocycles. The van der Waals surface area contributed by atoms with Crippen molar-refractivity contribution < 1.29 is 68.7 Å². The van der Waals surface area contributed by atoms with E-state index in [2.05, 4.69) is 214 Å². The SMILES string of the molecule is C#CC#CC#CC#CC#CC#CC#CC#CC#CC#CC#CCC(=O)N[C@@H](CO[C@H]1OC(COCCCN=[N+]=[N-])[C@H](OCc2ccccc2)[C@H](C)C1OCc1ccccc1)[C@H](O[Si](C)(C)C(C)(C)C)[C@@H](CC1CCCC1)O[Si](C)(C)C(C)(C)C.[HH].[HH].[HH].[HH].[HH].[HH].[HH].[HH].[HH].[HH].[HH].[HH].[HH].[HH].[HH].[HH].[HH].[HH].[HH].[HH].[HH].[HH]. The van der Waals surface area contributed by atoms with Crippen molar-refractivity contribution in [2.24, 2.45) is 17.0 Å². The maximum atomic E-state index is 14.5. The van der Waals surface area contributed by atoms with Crippen LogP contribution in [0, 0.1) is 143 Å². The molecule has 2 fully saturated rings. The number of rotatable bonds is 25. The van der Waals surface area contributed by atoms with Crippen LogP contribution in [0.25, 0.3) is 10.4 Å². The molecule has 0 radical (unpaired) electrons. The molecule has 0 spiro atoms. The third-order valence-corrected chi connectivity index (χ3v) is 24.0. The molecule has 2 aliphatic rings. The number of hydrogen-bond donors (Lipinski definition) is 1. The van der Waals surface area contributed by atoms with Crippen molar-refractivity contribution in [3.05, 3.63) is 82.2 Å². The minimum atomic E-state index is -2.61. The third kappa shape index (κ3) is 25.6. The predicted molar refractivity (Wildman–Crippen MR) is 384 cm³/mol. The van der Waals surface area contributed by atoms with Gasteiger partial charge in [0.15, 0.2) is 22.9 Å². The fourth-order valence-electron chi connectivity index (χ4n) is 8.60. The van der Waals surface area contributed by atoms with E-state index in [1.54, 1.807) is 0 Å². The first-order valence-corrected chi connectivity index (χ1v) is 34.3. The van der Waals surface area contributed by atoms with Crippen LogP contribution in [-0.4, -0.2) is 91.8 Å². The van der Waals surface area contributed by atoms with Gasteiger partial charge < -0.3 is 37.9 Å². The van der Waals surface area contributed by atoms with Crippen LogP contribution < -0.4 is 5.32 Å². The lowest BCUT2D eigenvalue weighted by Gasteiger charge is -2.48. The van der Waals surface area contributed by atoms with E-state index in [1.807, 2.05) is 60.7 Å².